The summed E-state index contributed by atoms with van der Waals surface area (Å²) in [6.07, 6.45) is -0.658. The van der Waals surface area contributed by atoms with Gasteiger partial charge in [-0.05, 0) is 37.1 Å². The van der Waals surface area contributed by atoms with Crippen molar-refractivity contribution in [3.8, 4) is 0 Å². The number of nitrogens with zero attached hydrogens (tertiary/aromatic N) is 1. The van der Waals surface area contributed by atoms with Crippen LogP contribution in [0.15, 0.2) is 24.3 Å². The van der Waals surface area contributed by atoms with Crippen LogP contribution in [0.2, 0.25) is 0 Å². The van der Waals surface area contributed by atoms with Crippen LogP contribution in [0.1, 0.15) is 12.8 Å². The van der Waals surface area contributed by atoms with Gasteiger partial charge < -0.3 is 31.1 Å². The zero-order valence-electron chi connectivity index (χ0n) is 11.5. The van der Waals surface area contributed by atoms with Crippen LogP contribution in [0.4, 0.5) is 11.4 Å². The Labute approximate surface area is 119 Å². The summed E-state index contributed by atoms with van der Waals surface area (Å²) < 4.78 is 0. The molecular formula is C14H24N2O4. The molecule has 0 aromatic heterocycles. The summed E-state index contributed by atoms with van der Waals surface area (Å²) in [5, 5.41) is 36.6. The lowest BCUT2D eigenvalue weighted by molar-refractivity contribution is 0.0854. The zero-order valence-corrected chi connectivity index (χ0v) is 11.5. The lowest BCUT2D eigenvalue weighted by atomic mass is 10.2. The molecule has 1 aromatic carbocycles. The Kier molecular flexibility index (Phi) is 7.32. The predicted molar refractivity (Wildman–Crippen MR) is 78.5 cm³/mol. The number of benzene rings is 1. The van der Waals surface area contributed by atoms with Crippen LogP contribution >= 0.6 is 0 Å². The van der Waals surface area contributed by atoms with Crippen molar-refractivity contribution in [3.05, 3.63) is 24.3 Å². The zero-order chi connectivity index (χ0) is 15.0. The highest BCUT2D eigenvalue weighted by Gasteiger charge is 2.12. The van der Waals surface area contributed by atoms with Gasteiger partial charge in [-0.1, -0.05) is 0 Å². The quantitative estimate of drug-likeness (QED) is 0.393. The Morgan fingerprint density at radius 3 is 1.75 bits per heavy atom. The van der Waals surface area contributed by atoms with E-state index in [1.807, 2.05) is 17.0 Å². The van der Waals surface area contributed by atoms with E-state index in [4.69, 9.17) is 15.9 Å². The molecule has 0 heterocycles. The summed E-state index contributed by atoms with van der Waals surface area (Å²) >= 11 is 0. The van der Waals surface area contributed by atoms with E-state index in [0.717, 1.165) is 5.69 Å². The summed E-state index contributed by atoms with van der Waals surface area (Å²) in [5.74, 6) is 0. The second-order valence-electron chi connectivity index (χ2n) is 4.83. The first-order valence-electron chi connectivity index (χ1n) is 6.75. The van der Waals surface area contributed by atoms with Gasteiger partial charge in [0.25, 0.3) is 0 Å². The standard InChI is InChI=1S/C14H24N2O4/c15-11-1-3-12(4-2-11)16(7-5-13(19)9-17)8-6-14(20)10-18/h1-4,13-14,17-20H,5-10,15H2. The summed E-state index contributed by atoms with van der Waals surface area (Å²) in [7, 11) is 0. The van der Waals surface area contributed by atoms with Gasteiger partial charge in [0.1, 0.15) is 0 Å². The number of aliphatic hydroxyl groups excluding tert-OH is 4. The summed E-state index contributed by atoms with van der Waals surface area (Å²) in [4.78, 5) is 1.98. The van der Waals surface area contributed by atoms with Gasteiger partial charge in [-0.3, -0.25) is 0 Å². The van der Waals surface area contributed by atoms with E-state index in [-0.39, 0.29) is 13.2 Å². The van der Waals surface area contributed by atoms with Crippen LogP contribution in [-0.2, 0) is 0 Å². The molecule has 0 saturated heterocycles. The molecule has 0 bridgehead atoms. The van der Waals surface area contributed by atoms with Gasteiger partial charge in [0, 0.05) is 24.5 Å². The van der Waals surface area contributed by atoms with Gasteiger partial charge >= 0.3 is 0 Å². The van der Waals surface area contributed by atoms with E-state index < -0.39 is 12.2 Å². The first-order chi connectivity index (χ1) is 9.56. The van der Waals surface area contributed by atoms with Crippen LogP contribution in [0.5, 0.6) is 0 Å². The molecule has 0 aliphatic carbocycles. The van der Waals surface area contributed by atoms with Crippen molar-refractivity contribution in [1.29, 1.82) is 0 Å². The molecule has 0 spiro atoms. The molecule has 114 valence electrons. The predicted octanol–water partition coefficient (Wildman–Crippen LogP) is -0.438. The molecule has 0 aliphatic heterocycles. The SMILES string of the molecule is Nc1ccc(N(CCC(O)CO)CCC(O)CO)cc1. The third kappa shape index (κ3) is 5.75. The monoisotopic (exact) mass is 284 g/mol. The summed E-state index contributed by atoms with van der Waals surface area (Å²) in [5.41, 5.74) is 7.24. The maximum absolute atomic E-state index is 9.44. The van der Waals surface area contributed by atoms with E-state index >= 15 is 0 Å². The molecule has 1 aromatic rings. The Bertz CT molecular complexity index is 358. The highest BCUT2D eigenvalue weighted by molar-refractivity contribution is 5.53. The number of hydrogen-bond acceptors (Lipinski definition) is 6. The average molecular weight is 284 g/mol. The molecular weight excluding hydrogens is 260 g/mol. The molecule has 1 rings (SSSR count). The van der Waals surface area contributed by atoms with E-state index in [9.17, 15) is 10.2 Å². The Morgan fingerprint density at radius 2 is 1.35 bits per heavy atom. The fourth-order valence-corrected chi connectivity index (χ4v) is 1.85. The molecule has 0 saturated carbocycles. The molecule has 6 N–H and O–H groups in total. The molecule has 2 atom stereocenters. The van der Waals surface area contributed by atoms with Gasteiger partial charge in [0.05, 0.1) is 25.4 Å². The number of nitrogens with two attached hydrogens (primary N) is 1. The Hall–Kier alpha value is -1.34. The van der Waals surface area contributed by atoms with Crippen molar-refractivity contribution >= 4 is 11.4 Å². The fraction of sp³-hybridized carbons (Fsp3) is 0.571. The molecule has 6 nitrogen and oxygen atoms in total. The minimum absolute atomic E-state index is 0.269. The first kappa shape index (κ1) is 16.7. The second-order valence-corrected chi connectivity index (χ2v) is 4.83. The normalized spacial score (nSPS) is 14.0. The smallest absolute Gasteiger partial charge is 0.0787 e. The largest absolute Gasteiger partial charge is 0.399 e. The first-order valence-corrected chi connectivity index (χ1v) is 6.75. The van der Waals surface area contributed by atoms with Crippen LogP contribution < -0.4 is 10.6 Å². The third-order valence-electron chi connectivity index (χ3n) is 3.14. The molecule has 0 aliphatic rings. The van der Waals surface area contributed by atoms with E-state index in [2.05, 4.69) is 0 Å². The van der Waals surface area contributed by atoms with Gasteiger partial charge in [-0.15, -0.1) is 0 Å². The third-order valence-corrected chi connectivity index (χ3v) is 3.14. The summed E-state index contributed by atoms with van der Waals surface area (Å²) in [6.45, 7) is 0.553. The molecule has 6 heteroatoms. The summed E-state index contributed by atoms with van der Waals surface area (Å²) in [6, 6.07) is 7.30. The van der Waals surface area contributed by atoms with Crippen molar-refractivity contribution in [3.63, 3.8) is 0 Å². The van der Waals surface area contributed by atoms with Gasteiger partial charge in [0.15, 0.2) is 0 Å². The molecule has 0 radical (unpaired) electrons. The highest BCUT2D eigenvalue weighted by Crippen LogP contribution is 2.17. The van der Waals surface area contributed by atoms with Crippen molar-refractivity contribution in [1.82, 2.24) is 0 Å². The minimum Gasteiger partial charge on any atom is -0.399 e. The van der Waals surface area contributed by atoms with E-state index in [1.165, 1.54) is 0 Å². The Balaban J connectivity index is 2.65. The van der Waals surface area contributed by atoms with Crippen LogP contribution in [0, 0.1) is 0 Å². The number of nitrogen functional groups attached to an aromatic ring is 1. The highest BCUT2D eigenvalue weighted by atomic mass is 16.3. The molecule has 0 fully saturated rings. The van der Waals surface area contributed by atoms with Gasteiger partial charge in [0.2, 0.25) is 0 Å². The van der Waals surface area contributed by atoms with Crippen molar-refractivity contribution in [2.75, 3.05) is 36.9 Å². The molecule has 2 unspecified atom stereocenters. The number of hydrogen-bond donors (Lipinski definition) is 5. The second kappa shape index (κ2) is 8.76. The molecule has 20 heavy (non-hydrogen) atoms. The van der Waals surface area contributed by atoms with Gasteiger partial charge in [-0.2, -0.15) is 0 Å². The number of anilines is 2. The average Bonchev–Trinajstić information content (AvgIpc) is 2.47. The molecule has 0 amide bonds. The van der Waals surface area contributed by atoms with Gasteiger partial charge in [-0.25, -0.2) is 0 Å². The van der Waals surface area contributed by atoms with E-state index in [0.29, 0.717) is 31.6 Å². The van der Waals surface area contributed by atoms with Crippen LogP contribution in [-0.4, -0.2) is 58.9 Å². The lowest BCUT2D eigenvalue weighted by Gasteiger charge is -2.26. The fourth-order valence-electron chi connectivity index (χ4n) is 1.85. The number of rotatable bonds is 9. The lowest BCUT2D eigenvalue weighted by Crippen LogP contribution is -2.31. The van der Waals surface area contributed by atoms with Crippen LogP contribution in [0.3, 0.4) is 0 Å². The Morgan fingerprint density at radius 1 is 0.900 bits per heavy atom. The van der Waals surface area contributed by atoms with Crippen molar-refractivity contribution in [2.24, 2.45) is 0 Å². The van der Waals surface area contributed by atoms with Crippen molar-refractivity contribution < 1.29 is 20.4 Å². The van der Waals surface area contributed by atoms with Crippen molar-refractivity contribution in [2.45, 2.75) is 25.0 Å². The number of aliphatic hydroxyl groups is 4. The minimum atomic E-state index is -0.756. The topological polar surface area (TPSA) is 110 Å². The van der Waals surface area contributed by atoms with E-state index in [1.54, 1.807) is 12.1 Å². The maximum atomic E-state index is 9.44. The van der Waals surface area contributed by atoms with Crippen LogP contribution in [0.25, 0.3) is 0 Å². The maximum Gasteiger partial charge on any atom is 0.0787 e.